The Morgan fingerprint density at radius 3 is 1.94 bits per heavy atom. The Bertz CT molecular complexity index is 2020. The topological polar surface area (TPSA) is 13.1 Å². The number of hydrogen-bond donors (Lipinski definition) is 0. The molecule has 34 heavy (non-hydrogen) atoms. The van der Waals surface area contributed by atoms with Crippen LogP contribution in [-0.2, 0) is 0 Å². The number of benzene rings is 6. The van der Waals surface area contributed by atoms with Gasteiger partial charge in [0.05, 0.1) is 0 Å². The summed E-state index contributed by atoms with van der Waals surface area (Å²) in [5.74, 6) is 0. The summed E-state index contributed by atoms with van der Waals surface area (Å²) < 4.78 is 8.97. The summed E-state index contributed by atoms with van der Waals surface area (Å²) in [7, 11) is 0. The highest BCUT2D eigenvalue weighted by Crippen LogP contribution is 2.44. The van der Waals surface area contributed by atoms with Gasteiger partial charge in [0.2, 0.25) is 0 Å². The van der Waals surface area contributed by atoms with Gasteiger partial charge in [-0.25, -0.2) is 0 Å². The van der Waals surface area contributed by atoms with Crippen LogP contribution < -0.4 is 0 Å². The highest BCUT2D eigenvalue weighted by molar-refractivity contribution is 7.26. The lowest BCUT2D eigenvalue weighted by Crippen LogP contribution is -1.85. The van der Waals surface area contributed by atoms with E-state index >= 15 is 0 Å². The molecule has 0 N–H and O–H groups in total. The fraction of sp³-hybridized carbons (Fsp3) is 0. The van der Waals surface area contributed by atoms with Gasteiger partial charge in [0.15, 0.2) is 0 Å². The summed E-state index contributed by atoms with van der Waals surface area (Å²) in [6.07, 6.45) is 0. The van der Waals surface area contributed by atoms with Gasteiger partial charge in [0.1, 0.15) is 11.2 Å². The Labute approximate surface area is 199 Å². The Morgan fingerprint density at radius 1 is 0.471 bits per heavy atom. The largest absolute Gasteiger partial charge is 0.456 e. The molecule has 0 aliphatic heterocycles. The third kappa shape index (κ3) is 2.43. The van der Waals surface area contributed by atoms with Crippen LogP contribution in [0.5, 0.6) is 0 Å². The number of thiophene rings is 1. The van der Waals surface area contributed by atoms with Crippen molar-refractivity contribution in [2.24, 2.45) is 0 Å². The van der Waals surface area contributed by atoms with Crippen LogP contribution in [0, 0.1) is 0 Å². The second-order valence-electron chi connectivity index (χ2n) is 8.92. The first kappa shape index (κ1) is 18.3. The first-order valence-electron chi connectivity index (χ1n) is 11.5. The summed E-state index contributed by atoms with van der Waals surface area (Å²) in [4.78, 5) is 0. The minimum absolute atomic E-state index is 0.936. The van der Waals surface area contributed by atoms with E-state index in [-0.39, 0.29) is 0 Å². The van der Waals surface area contributed by atoms with Gasteiger partial charge in [-0.1, -0.05) is 72.8 Å². The van der Waals surface area contributed by atoms with E-state index < -0.39 is 0 Å². The van der Waals surface area contributed by atoms with Crippen molar-refractivity contribution in [1.82, 2.24) is 0 Å². The summed E-state index contributed by atoms with van der Waals surface area (Å²) >= 11 is 1.85. The average molecular weight is 451 g/mol. The molecule has 0 radical (unpaired) electrons. The van der Waals surface area contributed by atoms with Crippen molar-refractivity contribution in [2.75, 3.05) is 0 Å². The van der Waals surface area contributed by atoms with Crippen molar-refractivity contribution in [3.8, 4) is 11.1 Å². The van der Waals surface area contributed by atoms with E-state index in [1.807, 2.05) is 11.3 Å². The highest BCUT2D eigenvalue weighted by Gasteiger charge is 2.17. The normalized spacial score (nSPS) is 12.1. The van der Waals surface area contributed by atoms with Gasteiger partial charge in [-0.15, -0.1) is 11.3 Å². The van der Waals surface area contributed by atoms with E-state index in [0.717, 1.165) is 11.2 Å². The number of fused-ring (bicyclic) bond motifs is 9. The second-order valence-corrected chi connectivity index (χ2v) is 10.0. The first-order valence-corrected chi connectivity index (χ1v) is 12.3. The Kier molecular flexibility index (Phi) is 3.60. The molecule has 6 aromatic carbocycles. The van der Waals surface area contributed by atoms with Crippen LogP contribution in [0.2, 0.25) is 0 Å². The zero-order valence-corrected chi connectivity index (χ0v) is 19.0. The van der Waals surface area contributed by atoms with Gasteiger partial charge in [-0.2, -0.15) is 0 Å². The molecule has 0 atom stereocenters. The molecule has 0 saturated carbocycles. The lowest BCUT2D eigenvalue weighted by atomic mass is 9.91. The van der Waals surface area contributed by atoms with Crippen molar-refractivity contribution in [1.29, 1.82) is 0 Å². The predicted molar refractivity (Wildman–Crippen MR) is 147 cm³/mol. The monoisotopic (exact) mass is 450 g/mol. The minimum atomic E-state index is 0.936. The van der Waals surface area contributed by atoms with Crippen LogP contribution >= 0.6 is 11.3 Å². The van der Waals surface area contributed by atoms with Gasteiger partial charge in [-0.3, -0.25) is 0 Å². The molecule has 8 aromatic rings. The second kappa shape index (κ2) is 6.69. The van der Waals surface area contributed by atoms with Gasteiger partial charge < -0.3 is 4.42 Å². The Morgan fingerprint density at radius 2 is 1.15 bits per heavy atom. The van der Waals surface area contributed by atoms with E-state index in [1.165, 1.54) is 63.6 Å². The molecular weight excluding hydrogens is 432 g/mol. The standard InChI is InChI=1S/C32H18OS/c1-3-9-22-19(7-1)17-20-8-2-4-10-23(20)30(22)21-13-14-26-25(18-21)31-27(33-26)15-16-29-32(31)24-11-5-6-12-28(24)34-29/h1-18H. The third-order valence-electron chi connectivity index (χ3n) is 7.03. The number of hydrogen-bond acceptors (Lipinski definition) is 2. The maximum Gasteiger partial charge on any atom is 0.136 e. The number of furan rings is 1. The molecule has 0 aliphatic rings. The van der Waals surface area contributed by atoms with E-state index in [1.54, 1.807) is 0 Å². The zero-order valence-electron chi connectivity index (χ0n) is 18.2. The summed E-state index contributed by atoms with van der Waals surface area (Å²) in [6.45, 7) is 0. The van der Waals surface area contributed by atoms with Crippen molar-refractivity contribution in [3.63, 3.8) is 0 Å². The average Bonchev–Trinajstić information content (AvgIpc) is 3.44. The van der Waals surface area contributed by atoms with Gasteiger partial charge in [-0.05, 0) is 69.1 Å². The van der Waals surface area contributed by atoms with Crippen LogP contribution in [0.4, 0.5) is 0 Å². The molecule has 158 valence electrons. The van der Waals surface area contributed by atoms with Crippen molar-refractivity contribution >= 4 is 75.0 Å². The Hall–Kier alpha value is -4.14. The molecule has 2 heteroatoms. The molecule has 0 bridgehead atoms. The molecule has 8 rings (SSSR count). The van der Waals surface area contributed by atoms with E-state index in [4.69, 9.17) is 4.42 Å². The van der Waals surface area contributed by atoms with E-state index in [0.29, 0.717) is 0 Å². The van der Waals surface area contributed by atoms with E-state index in [9.17, 15) is 0 Å². The SMILES string of the molecule is c1ccc2c(-c3ccc4oc5ccc6sc7ccccc7c6c5c4c3)c3ccccc3cc2c1. The smallest absolute Gasteiger partial charge is 0.136 e. The van der Waals surface area contributed by atoms with Crippen molar-refractivity contribution in [3.05, 3.63) is 109 Å². The molecule has 0 aliphatic carbocycles. The van der Waals surface area contributed by atoms with Gasteiger partial charge >= 0.3 is 0 Å². The van der Waals surface area contributed by atoms with Crippen LogP contribution in [0.1, 0.15) is 0 Å². The molecule has 0 saturated heterocycles. The summed E-state index contributed by atoms with van der Waals surface area (Å²) in [5.41, 5.74) is 4.39. The van der Waals surface area contributed by atoms with Crippen LogP contribution in [0.3, 0.4) is 0 Å². The molecule has 1 nitrogen and oxygen atoms in total. The molecular formula is C32H18OS. The lowest BCUT2D eigenvalue weighted by molar-refractivity contribution is 0.669. The fourth-order valence-corrected chi connectivity index (χ4v) is 6.68. The van der Waals surface area contributed by atoms with Crippen LogP contribution in [0.25, 0.3) is 74.8 Å². The van der Waals surface area contributed by atoms with Crippen molar-refractivity contribution < 1.29 is 4.42 Å². The molecule has 2 heterocycles. The molecule has 0 spiro atoms. The van der Waals surface area contributed by atoms with Gasteiger partial charge in [0, 0.05) is 30.9 Å². The van der Waals surface area contributed by atoms with Crippen LogP contribution in [-0.4, -0.2) is 0 Å². The summed E-state index contributed by atoms with van der Waals surface area (Å²) in [6, 6.07) is 39.4. The van der Waals surface area contributed by atoms with E-state index in [2.05, 4.69) is 109 Å². The van der Waals surface area contributed by atoms with Crippen molar-refractivity contribution in [2.45, 2.75) is 0 Å². The predicted octanol–water partition coefficient (Wildman–Crippen LogP) is 9.93. The Balaban J connectivity index is 1.54. The highest BCUT2D eigenvalue weighted by atomic mass is 32.1. The molecule has 0 unspecified atom stereocenters. The molecule has 0 fully saturated rings. The zero-order chi connectivity index (χ0) is 22.2. The lowest BCUT2D eigenvalue weighted by Gasteiger charge is -2.12. The molecule has 0 amide bonds. The first-order chi connectivity index (χ1) is 16.8. The van der Waals surface area contributed by atoms with Crippen LogP contribution in [0.15, 0.2) is 114 Å². The fourth-order valence-electron chi connectivity index (χ4n) is 5.56. The minimum Gasteiger partial charge on any atom is -0.456 e. The summed E-state index contributed by atoms with van der Waals surface area (Å²) in [5, 5.41) is 10.1. The van der Waals surface area contributed by atoms with Gasteiger partial charge in [0.25, 0.3) is 0 Å². The molecule has 2 aromatic heterocycles. The quantitative estimate of drug-likeness (QED) is 0.227. The third-order valence-corrected chi connectivity index (χ3v) is 8.17. The maximum atomic E-state index is 6.35. The maximum absolute atomic E-state index is 6.35. The number of rotatable bonds is 1.